The summed E-state index contributed by atoms with van der Waals surface area (Å²) in [4.78, 5) is 37.1. The highest BCUT2D eigenvalue weighted by Crippen LogP contribution is 2.17. The minimum Gasteiger partial charge on any atom is -0.368 e. The highest BCUT2D eigenvalue weighted by molar-refractivity contribution is 5.91. The fourth-order valence-corrected chi connectivity index (χ4v) is 2.85. The van der Waals surface area contributed by atoms with E-state index in [-0.39, 0.29) is 5.91 Å². The normalized spacial score (nSPS) is 18.0. The smallest absolute Gasteiger partial charge is 0.315 e. The fraction of sp³-hybridized carbons (Fsp3) is 0.471. The lowest BCUT2D eigenvalue weighted by atomic mass is 10.1. The summed E-state index contributed by atoms with van der Waals surface area (Å²) < 4.78 is 0. The second kappa shape index (κ2) is 8.33. The van der Waals surface area contributed by atoms with E-state index in [1.807, 2.05) is 30.3 Å². The summed E-state index contributed by atoms with van der Waals surface area (Å²) in [5.41, 5.74) is 6.44. The lowest BCUT2D eigenvalue weighted by molar-refractivity contribution is -0.138. The molecule has 0 bridgehead atoms. The molecule has 1 fully saturated rings. The van der Waals surface area contributed by atoms with Crippen LogP contribution in [0.25, 0.3) is 0 Å². The molecule has 7 heteroatoms. The number of carbonyl (C=O) groups is 3. The van der Waals surface area contributed by atoms with E-state index in [1.165, 1.54) is 4.90 Å². The summed E-state index contributed by atoms with van der Waals surface area (Å²) in [5, 5.41) is 5.34. The van der Waals surface area contributed by atoms with Gasteiger partial charge in [0.05, 0.1) is 0 Å². The van der Waals surface area contributed by atoms with E-state index < -0.39 is 24.0 Å². The molecule has 0 saturated carbocycles. The number of rotatable bonds is 6. The Morgan fingerprint density at radius 2 is 2.00 bits per heavy atom. The van der Waals surface area contributed by atoms with Gasteiger partial charge < -0.3 is 21.3 Å². The van der Waals surface area contributed by atoms with Crippen molar-refractivity contribution in [1.29, 1.82) is 0 Å². The Bertz CT molecular complexity index is 591. The van der Waals surface area contributed by atoms with Crippen LogP contribution in [-0.4, -0.2) is 47.9 Å². The van der Waals surface area contributed by atoms with Gasteiger partial charge in [-0.05, 0) is 31.7 Å². The van der Waals surface area contributed by atoms with E-state index in [0.717, 1.165) is 12.0 Å². The number of primary amides is 1. The second-order valence-electron chi connectivity index (χ2n) is 5.95. The van der Waals surface area contributed by atoms with Gasteiger partial charge in [-0.2, -0.15) is 0 Å². The van der Waals surface area contributed by atoms with Crippen LogP contribution in [0.15, 0.2) is 30.3 Å². The summed E-state index contributed by atoms with van der Waals surface area (Å²) in [5.74, 6) is -0.783. The monoisotopic (exact) mass is 332 g/mol. The van der Waals surface area contributed by atoms with Crippen molar-refractivity contribution in [2.75, 3.05) is 13.1 Å². The third-order valence-electron chi connectivity index (χ3n) is 4.12. The molecule has 24 heavy (non-hydrogen) atoms. The average molecular weight is 332 g/mol. The van der Waals surface area contributed by atoms with Crippen LogP contribution in [-0.2, 0) is 16.0 Å². The number of nitrogens with zero attached hydrogens (tertiary/aromatic N) is 1. The van der Waals surface area contributed by atoms with Gasteiger partial charge >= 0.3 is 6.03 Å². The summed E-state index contributed by atoms with van der Waals surface area (Å²) in [7, 11) is 0. The molecule has 0 radical (unpaired) electrons. The van der Waals surface area contributed by atoms with Crippen molar-refractivity contribution in [2.45, 2.75) is 38.3 Å². The zero-order valence-corrected chi connectivity index (χ0v) is 13.8. The molecule has 0 aliphatic carbocycles. The van der Waals surface area contributed by atoms with Crippen molar-refractivity contribution in [2.24, 2.45) is 5.73 Å². The van der Waals surface area contributed by atoms with Gasteiger partial charge in [-0.15, -0.1) is 0 Å². The number of likely N-dealkylation sites (tertiary alicyclic amines) is 1. The lowest BCUT2D eigenvalue weighted by Crippen LogP contribution is -2.53. The van der Waals surface area contributed by atoms with Crippen molar-refractivity contribution >= 4 is 17.8 Å². The van der Waals surface area contributed by atoms with Crippen LogP contribution >= 0.6 is 0 Å². The maximum Gasteiger partial charge on any atom is 0.315 e. The van der Waals surface area contributed by atoms with Crippen LogP contribution in [0.2, 0.25) is 0 Å². The van der Waals surface area contributed by atoms with E-state index in [1.54, 1.807) is 6.92 Å². The zero-order valence-electron chi connectivity index (χ0n) is 13.8. The van der Waals surface area contributed by atoms with Crippen molar-refractivity contribution in [3.63, 3.8) is 0 Å². The van der Waals surface area contributed by atoms with E-state index >= 15 is 0 Å². The first-order valence-corrected chi connectivity index (χ1v) is 8.17. The van der Waals surface area contributed by atoms with Gasteiger partial charge in [0.25, 0.3) is 0 Å². The number of urea groups is 1. The Morgan fingerprint density at radius 3 is 2.67 bits per heavy atom. The number of hydrogen-bond donors (Lipinski definition) is 3. The number of nitrogens with one attached hydrogen (secondary N) is 2. The maximum absolute atomic E-state index is 12.4. The molecule has 1 aliphatic heterocycles. The molecule has 4 amide bonds. The Morgan fingerprint density at radius 1 is 1.29 bits per heavy atom. The van der Waals surface area contributed by atoms with Crippen molar-refractivity contribution in [3.05, 3.63) is 35.9 Å². The van der Waals surface area contributed by atoms with Gasteiger partial charge in [-0.25, -0.2) is 4.79 Å². The number of hydrogen-bond acceptors (Lipinski definition) is 3. The van der Waals surface area contributed by atoms with Crippen LogP contribution in [0.1, 0.15) is 25.3 Å². The van der Waals surface area contributed by atoms with Gasteiger partial charge in [0.1, 0.15) is 12.1 Å². The number of benzene rings is 1. The summed E-state index contributed by atoms with van der Waals surface area (Å²) in [6.45, 7) is 2.58. The Labute approximate surface area is 141 Å². The second-order valence-corrected chi connectivity index (χ2v) is 5.95. The lowest BCUT2D eigenvalue weighted by Gasteiger charge is -2.25. The van der Waals surface area contributed by atoms with Gasteiger partial charge in [0.2, 0.25) is 11.8 Å². The molecule has 1 saturated heterocycles. The molecule has 1 aliphatic rings. The van der Waals surface area contributed by atoms with Gasteiger partial charge in [-0.3, -0.25) is 9.59 Å². The predicted molar refractivity (Wildman–Crippen MR) is 90.1 cm³/mol. The quantitative estimate of drug-likeness (QED) is 0.702. The van der Waals surface area contributed by atoms with Crippen molar-refractivity contribution < 1.29 is 14.4 Å². The van der Waals surface area contributed by atoms with E-state index in [0.29, 0.717) is 25.9 Å². The first-order valence-electron chi connectivity index (χ1n) is 8.17. The first-order chi connectivity index (χ1) is 11.5. The standard InChI is InChI=1S/C17H24N4O3/c1-12(16(23)21-11-5-8-14(21)15(18)22)20-17(24)19-10-9-13-6-3-2-4-7-13/h2-4,6-7,12,14H,5,8-11H2,1H3,(H2,18,22)(H2,19,20,24)/t12-,14-/m0/s1. The maximum atomic E-state index is 12.4. The Balaban J connectivity index is 1.76. The largest absolute Gasteiger partial charge is 0.368 e. The van der Waals surface area contributed by atoms with Gasteiger partial charge in [0, 0.05) is 13.1 Å². The Hall–Kier alpha value is -2.57. The van der Waals surface area contributed by atoms with Gasteiger partial charge in [-0.1, -0.05) is 30.3 Å². The molecule has 2 atom stereocenters. The summed E-state index contributed by atoms with van der Waals surface area (Å²) >= 11 is 0. The van der Waals surface area contributed by atoms with Crippen LogP contribution in [0.5, 0.6) is 0 Å². The van der Waals surface area contributed by atoms with Crippen LogP contribution < -0.4 is 16.4 Å². The number of nitrogens with two attached hydrogens (primary N) is 1. The molecule has 0 spiro atoms. The van der Waals surface area contributed by atoms with Crippen LogP contribution in [0.3, 0.4) is 0 Å². The number of amides is 4. The molecule has 4 N–H and O–H groups in total. The fourth-order valence-electron chi connectivity index (χ4n) is 2.85. The van der Waals surface area contributed by atoms with Crippen LogP contribution in [0, 0.1) is 0 Å². The molecular formula is C17H24N4O3. The SMILES string of the molecule is C[C@H](NC(=O)NCCc1ccccc1)C(=O)N1CCC[C@H]1C(N)=O. The molecule has 1 aromatic rings. The first kappa shape index (κ1) is 17.8. The highest BCUT2D eigenvalue weighted by atomic mass is 16.2. The minimum atomic E-state index is -0.707. The number of carbonyl (C=O) groups excluding carboxylic acids is 3. The third-order valence-corrected chi connectivity index (χ3v) is 4.12. The minimum absolute atomic E-state index is 0.283. The topological polar surface area (TPSA) is 105 Å². The summed E-state index contributed by atoms with van der Waals surface area (Å²) in [6.07, 6.45) is 2.04. The van der Waals surface area contributed by atoms with E-state index in [9.17, 15) is 14.4 Å². The molecule has 1 aromatic carbocycles. The highest BCUT2D eigenvalue weighted by Gasteiger charge is 2.35. The van der Waals surface area contributed by atoms with E-state index in [4.69, 9.17) is 5.73 Å². The average Bonchev–Trinajstić information content (AvgIpc) is 3.05. The molecule has 1 heterocycles. The molecule has 7 nitrogen and oxygen atoms in total. The Kier molecular flexibility index (Phi) is 6.17. The van der Waals surface area contributed by atoms with Crippen LogP contribution in [0.4, 0.5) is 4.79 Å². The summed E-state index contributed by atoms with van der Waals surface area (Å²) in [6, 6.07) is 8.13. The molecule has 0 aromatic heterocycles. The van der Waals surface area contributed by atoms with E-state index in [2.05, 4.69) is 10.6 Å². The third kappa shape index (κ3) is 4.71. The van der Waals surface area contributed by atoms with Crippen molar-refractivity contribution in [3.8, 4) is 0 Å². The molecular weight excluding hydrogens is 308 g/mol. The molecule has 0 unspecified atom stereocenters. The zero-order chi connectivity index (χ0) is 17.5. The van der Waals surface area contributed by atoms with Crippen molar-refractivity contribution in [1.82, 2.24) is 15.5 Å². The molecule has 2 rings (SSSR count). The predicted octanol–water partition coefficient (Wildman–Crippen LogP) is 0.393. The molecule has 130 valence electrons. The van der Waals surface area contributed by atoms with Gasteiger partial charge in [0.15, 0.2) is 0 Å².